The lowest BCUT2D eigenvalue weighted by Gasteiger charge is -2.38. The van der Waals surface area contributed by atoms with Crippen molar-refractivity contribution in [1.29, 1.82) is 5.26 Å². The number of aliphatic hydroxyl groups is 3. The predicted octanol–water partition coefficient (Wildman–Crippen LogP) is 13.6. The van der Waals surface area contributed by atoms with E-state index in [1.807, 2.05) is 115 Å². The van der Waals surface area contributed by atoms with Crippen molar-refractivity contribution < 1.29 is 75.8 Å². The first-order valence-corrected chi connectivity index (χ1v) is 40.2. The molecule has 0 bridgehead atoms. The summed E-state index contributed by atoms with van der Waals surface area (Å²) in [5.74, 6) is 0.366. The number of rotatable bonds is 39. The molecule has 8 aromatic rings. The molecule has 2 fully saturated rings. The van der Waals surface area contributed by atoms with Gasteiger partial charge in [0.25, 0.3) is 14.4 Å². The largest absolute Gasteiger partial charge is 0.497 e. The SMILES string of the molecule is COc1ccc(C(OCC2OC(n3cnc4c(NC(=O)c5ccc(CCC(O)CCCC(O)OCC6c7ccccc7-c7ccccc76)cc5)ncnc43)CC2OP(=O)(OCCC#N)OCC2CC(N3C=C(C)C(O)NC3=O)CC2OP(OCCCN)N(C(C)C)C(C)C)(c2ccccc2)c2ccc(OC)cc2)cc1. The second-order valence-electron chi connectivity index (χ2n) is 28.6. The average Bonchev–Trinajstić information content (AvgIpc) is 1.44. The molecule has 1 saturated heterocycles. The minimum Gasteiger partial charge on any atom is -0.497 e. The van der Waals surface area contributed by atoms with Gasteiger partial charge in [-0.1, -0.05) is 115 Å². The van der Waals surface area contributed by atoms with Crippen LogP contribution >= 0.6 is 16.3 Å². The average molecular weight is 1540 g/mol. The summed E-state index contributed by atoms with van der Waals surface area (Å²) in [4.78, 5) is 43.2. The maximum atomic E-state index is 15.9. The van der Waals surface area contributed by atoms with Crippen LogP contribution in [0.3, 0.4) is 0 Å². The van der Waals surface area contributed by atoms with Crippen LogP contribution in [0.25, 0.3) is 22.3 Å². The predicted molar refractivity (Wildman–Crippen MR) is 415 cm³/mol. The third kappa shape index (κ3) is 19.2. The molecule has 4 aliphatic rings. The maximum absolute atomic E-state index is 15.9. The standard InChI is InChI=1S/C82H100N10O16P2/c1-53(2)92(54(3)4)109(103-42-16-40-83)107-71-45-62(90-47-55(5)79(95)89-81(90)97)44-58(71)48-105-110(98,104-43-17-41-84)108-72-46-74(106-73(72)50-102-82(59-18-9-8-10-19-59,60-31-36-64(99-6)37-32-60)61-33-38-65(100-7)39-34-61)91-52-87-76-77(85-51-86-78(76)91)88-80(96)57-29-26-56(27-30-57)28-35-63(93)20-15-25-75(94)101-49-70-68-23-13-11-21-66(68)67-22-12-14-24-69(67)70/h8-14,18-19,21-24,26-27,29-34,36-39,47,51-54,58,62-63,70-75,79,93-95H,15-17,20,25,28,35,40,42-46,48-50,83H2,1-7H3,(H,89,97)(H,85,86,88,96). The minimum atomic E-state index is -4.78. The van der Waals surface area contributed by atoms with E-state index in [4.69, 9.17) is 57.0 Å². The van der Waals surface area contributed by atoms with Crippen molar-refractivity contribution in [3.05, 3.63) is 215 Å². The van der Waals surface area contributed by atoms with E-state index in [0.29, 0.717) is 93.8 Å². The van der Waals surface area contributed by atoms with E-state index >= 15 is 4.57 Å². The van der Waals surface area contributed by atoms with Gasteiger partial charge in [-0.15, -0.1) is 0 Å². The number of nitrogens with two attached hydrogens (primary N) is 1. The van der Waals surface area contributed by atoms with Crippen LogP contribution in [-0.2, 0) is 53.4 Å². The molecule has 2 aliphatic heterocycles. The normalized spacial score (nSPS) is 20.6. The number of amides is 3. The van der Waals surface area contributed by atoms with Gasteiger partial charge >= 0.3 is 13.9 Å². The Hall–Kier alpha value is -8.42. The molecule has 2 aromatic heterocycles. The smallest absolute Gasteiger partial charge is 0.475 e. The van der Waals surface area contributed by atoms with E-state index in [1.165, 1.54) is 34.9 Å². The number of nitrogens with one attached hydrogen (secondary N) is 2. The van der Waals surface area contributed by atoms with Crippen molar-refractivity contribution in [2.75, 3.05) is 59.1 Å². The quantitative estimate of drug-likeness (QED) is 0.00902. The lowest BCUT2D eigenvalue weighted by molar-refractivity contribution is -0.106. The minimum absolute atomic E-state index is 0.00286. The highest BCUT2D eigenvalue weighted by Crippen LogP contribution is 2.57. The Balaban J connectivity index is 0.781. The Morgan fingerprint density at radius 2 is 1.44 bits per heavy atom. The van der Waals surface area contributed by atoms with Crippen LogP contribution in [0.1, 0.15) is 148 Å². The number of carbonyl (C=O) groups excluding carboxylic acids is 2. The number of nitriles is 1. The Kier molecular flexibility index (Phi) is 27.8. The molecule has 28 heteroatoms. The monoisotopic (exact) mass is 1540 g/mol. The number of nitrogens with zero attached hydrogens (tertiary/aromatic N) is 7. The van der Waals surface area contributed by atoms with Crippen molar-refractivity contribution in [2.45, 2.75) is 172 Å². The summed E-state index contributed by atoms with van der Waals surface area (Å²) in [6.07, 6.45) is 1.34. The molecule has 11 atom stereocenters. The molecule has 584 valence electrons. The molecule has 26 nitrogen and oxygen atoms in total. The molecule has 0 radical (unpaired) electrons. The van der Waals surface area contributed by atoms with Crippen LogP contribution < -0.4 is 25.8 Å². The summed E-state index contributed by atoms with van der Waals surface area (Å²) >= 11 is 0. The van der Waals surface area contributed by atoms with Crippen molar-refractivity contribution >= 4 is 45.3 Å². The number of ether oxygens (including phenoxy) is 5. The lowest BCUT2D eigenvalue weighted by atomic mass is 9.80. The number of aryl methyl sites for hydroxylation is 1. The maximum Gasteiger partial charge on any atom is 0.475 e. The van der Waals surface area contributed by atoms with Crippen molar-refractivity contribution in [3.8, 4) is 28.7 Å². The van der Waals surface area contributed by atoms with Gasteiger partial charge in [-0.2, -0.15) is 5.26 Å². The Morgan fingerprint density at radius 3 is 2.08 bits per heavy atom. The number of urea groups is 1. The Labute approximate surface area is 643 Å². The number of benzene rings is 6. The number of aromatic nitrogens is 4. The van der Waals surface area contributed by atoms with Crippen LogP contribution in [0.5, 0.6) is 11.5 Å². The second kappa shape index (κ2) is 37.7. The Bertz CT molecular complexity index is 4380. The summed E-state index contributed by atoms with van der Waals surface area (Å²) < 4.78 is 84.7. The van der Waals surface area contributed by atoms with E-state index in [2.05, 4.69) is 83.3 Å². The van der Waals surface area contributed by atoms with Gasteiger partial charge < -0.3 is 64.4 Å². The molecule has 6 aromatic carbocycles. The van der Waals surface area contributed by atoms with Gasteiger partial charge in [0.2, 0.25) is 0 Å². The molecule has 2 aliphatic carbocycles. The van der Waals surface area contributed by atoms with Gasteiger partial charge in [-0.3, -0.25) is 27.8 Å². The number of aliphatic hydroxyl groups excluding tert-OH is 3. The fourth-order valence-electron chi connectivity index (χ4n) is 14.9. The molecule has 0 spiro atoms. The fourth-order valence-corrected chi connectivity index (χ4v) is 18.2. The third-order valence-electron chi connectivity index (χ3n) is 20.6. The molecule has 7 N–H and O–H groups in total. The number of phosphoric acid groups is 1. The van der Waals surface area contributed by atoms with E-state index in [1.54, 1.807) is 48.9 Å². The third-order valence-corrected chi connectivity index (χ3v) is 24.2. The van der Waals surface area contributed by atoms with E-state index in [9.17, 15) is 30.2 Å². The number of anilines is 1. The summed E-state index contributed by atoms with van der Waals surface area (Å²) in [6.45, 7) is 10.2. The zero-order valence-corrected chi connectivity index (χ0v) is 64.9. The van der Waals surface area contributed by atoms with E-state index in [-0.39, 0.29) is 67.6 Å². The number of methoxy groups -OCH3 is 2. The van der Waals surface area contributed by atoms with E-state index < -0.39 is 89.0 Å². The van der Waals surface area contributed by atoms with Crippen LogP contribution in [0.2, 0.25) is 0 Å². The number of hydrogen-bond donors (Lipinski definition) is 6. The highest BCUT2D eigenvalue weighted by molar-refractivity contribution is 7.48. The second-order valence-corrected chi connectivity index (χ2v) is 31.6. The molecule has 12 rings (SSSR count). The van der Waals surface area contributed by atoms with Gasteiger partial charge in [-0.05, 0) is 179 Å². The first kappa shape index (κ1) is 81.1. The van der Waals surface area contributed by atoms with Gasteiger partial charge in [0.05, 0.1) is 78.3 Å². The van der Waals surface area contributed by atoms with Crippen LogP contribution in [0.4, 0.5) is 10.6 Å². The number of imidazole rings is 1. The van der Waals surface area contributed by atoms with Gasteiger partial charge in [0, 0.05) is 48.1 Å². The summed E-state index contributed by atoms with van der Waals surface area (Å²) in [6, 6.07) is 49.6. The fraction of sp³-hybridized carbons (Fsp3) is 0.439. The summed E-state index contributed by atoms with van der Waals surface area (Å²) in [5.41, 5.74) is 13.9. The zero-order chi connectivity index (χ0) is 77.5. The zero-order valence-electron chi connectivity index (χ0n) is 63.2. The number of carbonyl (C=O) groups is 2. The van der Waals surface area contributed by atoms with Crippen molar-refractivity contribution in [3.63, 3.8) is 0 Å². The van der Waals surface area contributed by atoms with Gasteiger partial charge in [0.1, 0.15) is 41.9 Å². The summed E-state index contributed by atoms with van der Waals surface area (Å²) in [5, 5.41) is 47.9. The summed E-state index contributed by atoms with van der Waals surface area (Å²) in [7, 11) is -3.33. The van der Waals surface area contributed by atoms with Crippen molar-refractivity contribution in [2.24, 2.45) is 11.7 Å². The lowest BCUT2D eigenvalue weighted by Crippen LogP contribution is -2.50. The van der Waals surface area contributed by atoms with Crippen LogP contribution in [0, 0.1) is 17.2 Å². The highest BCUT2D eigenvalue weighted by Gasteiger charge is 2.49. The van der Waals surface area contributed by atoms with Gasteiger partial charge in [0.15, 0.2) is 29.5 Å². The number of hydrogen-bond acceptors (Lipinski definition) is 22. The molecule has 1 saturated carbocycles. The first-order chi connectivity index (χ1) is 53.3. The van der Waals surface area contributed by atoms with Crippen molar-refractivity contribution in [1.82, 2.24) is 34.4 Å². The van der Waals surface area contributed by atoms with Crippen LogP contribution in [0.15, 0.2) is 176 Å². The first-order valence-electron chi connectivity index (χ1n) is 37.7. The molecular formula is C82H100N10O16P2. The van der Waals surface area contributed by atoms with Gasteiger partial charge in [-0.25, -0.2) is 29.0 Å². The number of fused-ring (bicyclic) bond motifs is 4. The molecule has 3 amide bonds. The molecule has 4 heterocycles. The topological polar surface area (TPSA) is 328 Å². The van der Waals surface area contributed by atoms with Crippen LogP contribution in [-0.4, -0.2) is 165 Å². The molecule has 11 unspecified atom stereocenters. The molecule has 110 heavy (non-hydrogen) atoms. The Morgan fingerprint density at radius 1 is 0.782 bits per heavy atom. The highest BCUT2D eigenvalue weighted by atomic mass is 31.2. The van der Waals surface area contributed by atoms with E-state index in [0.717, 1.165) is 22.3 Å². The molecular weight excluding hydrogens is 1440 g/mol. The number of phosphoric ester groups is 1.